The lowest BCUT2D eigenvalue weighted by molar-refractivity contribution is 0.0880. The molecule has 0 aliphatic carbocycles. The highest BCUT2D eigenvalue weighted by molar-refractivity contribution is 5.65. The first-order valence-corrected chi connectivity index (χ1v) is 6.06. The number of hydrogen-bond donors (Lipinski definition) is 1. The fourth-order valence-electron chi connectivity index (χ4n) is 2.31. The van der Waals surface area contributed by atoms with Crippen LogP contribution in [0.25, 0.3) is 0 Å². The first-order chi connectivity index (χ1) is 8.59. The Morgan fingerprint density at radius 3 is 2.44 bits per heavy atom. The van der Waals surface area contributed by atoms with Gasteiger partial charge in [-0.25, -0.2) is 9.18 Å². The van der Waals surface area contributed by atoms with Crippen LogP contribution >= 0.6 is 0 Å². The van der Waals surface area contributed by atoms with Crippen LogP contribution in [0.3, 0.4) is 0 Å². The Kier molecular flexibility index (Phi) is 3.81. The van der Waals surface area contributed by atoms with Gasteiger partial charge in [0.15, 0.2) is 0 Å². The second-order valence-electron chi connectivity index (χ2n) is 4.50. The summed E-state index contributed by atoms with van der Waals surface area (Å²) in [4.78, 5) is 14.3. The van der Waals surface area contributed by atoms with E-state index in [4.69, 9.17) is 5.11 Å². The number of hydrogen-bond acceptors (Lipinski definition) is 2. The molecule has 4 nitrogen and oxygen atoms in total. The van der Waals surface area contributed by atoms with Crippen LogP contribution in [0.4, 0.5) is 9.18 Å². The maximum absolute atomic E-state index is 13.7. The minimum absolute atomic E-state index is 0.0258. The monoisotopic (exact) mass is 252 g/mol. The molecule has 0 radical (unpaired) electrons. The van der Waals surface area contributed by atoms with Crippen LogP contribution in [0, 0.1) is 5.82 Å². The predicted molar refractivity (Wildman–Crippen MR) is 66.0 cm³/mol. The number of rotatable bonds is 2. The molecule has 0 spiro atoms. The normalized spacial score (nSPS) is 18.7. The molecule has 1 aliphatic rings. The van der Waals surface area contributed by atoms with E-state index in [-0.39, 0.29) is 11.9 Å². The van der Waals surface area contributed by atoms with Gasteiger partial charge in [-0.15, -0.1) is 0 Å². The van der Waals surface area contributed by atoms with Crippen LogP contribution in [-0.2, 0) is 0 Å². The molecule has 1 aromatic carbocycles. The third kappa shape index (κ3) is 2.61. The highest BCUT2D eigenvalue weighted by Crippen LogP contribution is 2.23. The zero-order valence-corrected chi connectivity index (χ0v) is 10.3. The van der Waals surface area contributed by atoms with E-state index in [1.165, 1.54) is 11.0 Å². The molecule has 0 bridgehead atoms. The van der Waals surface area contributed by atoms with E-state index in [1.807, 2.05) is 13.0 Å². The van der Waals surface area contributed by atoms with Gasteiger partial charge in [0.25, 0.3) is 0 Å². The number of halogens is 1. The molecular weight excluding hydrogens is 235 g/mol. The molecule has 1 amide bonds. The van der Waals surface area contributed by atoms with Crippen LogP contribution in [-0.4, -0.2) is 47.2 Å². The first-order valence-electron chi connectivity index (χ1n) is 6.06. The Bertz CT molecular complexity index is 431. The Morgan fingerprint density at radius 1 is 1.28 bits per heavy atom. The van der Waals surface area contributed by atoms with Crippen molar-refractivity contribution in [3.05, 3.63) is 35.6 Å². The van der Waals surface area contributed by atoms with E-state index in [0.717, 1.165) is 0 Å². The summed E-state index contributed by atoms with van der Waals surface area (Å²) in [5.74, 6) is -0.203. The molecule has 1 N–H and O–H groups in total. The lowest BCUT2D eigenvalue weighted by Gasteiger charge is -2.37. The quantitative estimate of drug-likeness (QED) is 0.877. The molecule has 2 rings (SSSR count). The van der Waals surface area contributed by atoms with Crippen LogP contribution in [0.15, 0.2) is 24.3 Å². The summed E-state index contributed by atoms with van der Waals surface area (Å²) >= 11 is 0. The molecule has 1 atom stereocenters. The molecule has 1 aromatic rings. The molecule has 0 saturated carbocycles. The lowest BCUT2D eigenvalue weighted by atomic mass is 10.1. The fraction of sp³-hybridized carbons (Fsp3) is 0.462. The van der Waals surface area contributed by atoms with Gasteiger partial charge >= 0.3 is 6.09 Å². The van der Waals surface area contributed by atoms with Gasteiger partial charge in [0.2, 0.25) is 0 Å². The van der Waals surface area contributed by atoms with Crippen molar-refractivity contribution in [1.29, 1.82) is 0 Å². The molecule has 1 fully saturated rings. The molecule has 1 heterocycles. The summed E-state index contributed by atoms with van der Waals surface area (Å²) in [6.07, 6.45) is -0.881. The molecule has 1 unspecified atom stereocenters. The smallest absolute Gasteiger partial charge is 0.407 e. The van der Waals surface area contributed by atoms with Crippen molar-refractivity contribution in [2.75, 3.05) is 26.2 Å². The summed E-state index contributed by atoms with van der Waals surface area (Å²) in [5, 5.41) is 8.87. The van der Waals surface area contributed by atoms with Crippen molar-refractivity contribution < 1.29 is 14.3 Å². The highest BCUT2D eigenvalue weighted by Gasteiger charge is 2.25. The maximum Gasteiger partial charge on any atom is 0.407 e. The fourth-order valence-corrected chi connectivity index (χ4v) is 2.31. The summed E-state index contributed by atoms with van der Waals surface area (Å²) in [5.41, 5.74) is 0.668. The average molecular weight is 252 g/mol. The van der Waals surface area contributed by atoms with Gasteiger partial charge < -0.3 is 10.0 Å². The summed E-state index contributed by atoms with van der Waals surface area (Å²) in [6, 6.07) is 6.71. The number of nitrogens with zero attached hydrogens (tertiary/aromatic N) is 2. The van der Waals surface area contributed by atoms with Gasteiger partial charge in [-0.05, 0) is 13.0 Å². The van der Waals surface area contributed by atoms with Gasteiger partial charge in [-0.1, -0.05) is 18.2 Å². The number of carboxylic acid groups (broad SMARTS) is 1. The molecule has 98 valence electrons. The molecule has 18 heavy (non-hydrogen) atoms. The van der Waals surface area contributed by atoms with Crippen molar-refractivity contribution >= 4 is 6.09 Å². The molecular formula is C13H17FN2O2. The van der Waals surface area contributed by atoms with Crippen LogP contribution < -0.4 is 0 Å². The molecule has 5 heteroatoms. The van der Waals surface area contributed by atoms with Crippen molar-refractivity contribution in [2.24, 2.45) is 0 Å². The van der Waals surface area contributed by atoms with E-state index < -0.39 is 6.09 Å². The van der Waals surface area contributed by atoms with Crippen molar-refractivity contribution in [3.8, 4) is 0 Å². The average Bonchev–Trinajstić information content (AvgIpc) is 2.38. The summed E-state index contributed by atoms with van der Waals surface area (Å²) < 4.78 is 13.7. The first kappa shape index (κ1) is 12.8. The molecule has 1 aliphatic heterocycles. The number of benzene rings is 1. The van der Waals surface area contributed by atoms with E-state index in [9.17, 15) is 9.18 Å². The van der Waals surface area contributed by atoms with Crippen LogP contribution in [0.2, 0.25) is 0 Å². The van der Waals surface area contributed by atoms with Gasteiger partial charge in [0, 0.05) is 37.8 Å². The van der Waals surface area contributed by atoms with E-state index >= 15 is 0 Å². The van der Waals surface area contributed by atoms with E-state index in [1.54, 1.807) is 12.1 Å². The standard InChI is InChI=1S/C13H17FN2O2/c1-10(11-4-2-3-5-12(11)14)15-6-8-16(9-7-15)13(17)18/h2-5,10H,6-9H2,1H3,(H,17,18). The van der Waals surface area contributed by atoms with Crippen molar-refractivity contribution in [1.82, 2.24) is 9.80 Å². The summed E-state index contributed by atoms with van der Waals surface area (Å²) in [7, 11) is 0. The maximum atomic E-state index is 13.7. The Balaban J connectivity index is 2.02. The van der Waals surface area contributed by atoms with Crippen LogP contribution in [0.5, 0.6) is 0 Å². The van der Waals surface area contributed by atoms with E-state index in [2.05, 4.69) is 4.90 Å². The largest absolute Gasteiger partial charge is 0.465 e. The Morgan fingerprint density at radius 2 is 1.89 bits per heavy atom. The van der Waals surface area contributed by atoms with Crippen LogP contribution in [0.1, 0.15) is 18.5 Å². The van der Waals surface area contributed by atoms with Gasteiger partial charge in [0.1, 0.15) is 5.82 Å². The Hall–Kier alpha value is -1.62. The minimum Gasteiger partial charge on any atom is -0.465 e. The second-order valence-corrected chi connectivity index (χ2v) is 4.50. The van der Waals surface area contributed by atoms with Gasteiger partial charge in [-0.3, -0.25) is 4.90 Å². The predicted octanol–water partition coefficient (Wildman–Crippen LogP) is 2.18. The third-order valence-corrected chi connectivity index (χ3v) is 3.49. The van der Waals surface area contributed by atoms with Gasteiger partial charge in [0.05, 0.1) is 0 Å². The highest BCUT2D eigenvalue weighted by atomic mass is 19.1. The zero-order chi connectivity index (χ0) is 13.1. The summed E-state index contributed by atoms with van der Waals surface area (Å²) in [6.45, 7) is 4.20. The Labute approximate surface area is 106 Å². The molecule has 1 saturated heterocycles. The SMILES string of the molecule is CC(c1ccccc1F)N1CCN(C(=O)O)CC1. The van der Waals surface area contributed by atoms with Crippen molar-refractivity contribution in [2.45, 2.75) is 13.0 Å². The minimum atomic E-state index is -0.881. The van der Waals surface area contributed by atoms with E-state index in [0.29, 0.717) is 31.7 Å². The van der Waals surface area contributed by atoms with Crippen molar-refractivity contribution in [3.63, 3.8) is 0 Å². The number of amides is 1. The topological polar surface area (TPSA) is 43.8 Å². The zero-order valence-electron chi connectivity index (χ0n) is 10.3. The lowest BCUT2D eigenvalue weighted by Crippen LogP contribution is -2.48. The molecule has 0 aromatic heterocycles. The number of piperazine rings is 1. The second kappa shape index (κ2) is 5.35. The number of carbonyl (C=O) groups is 1. The van der Waals surface area contributed by atoms with Gasteiger partial charge in [-0.2, -0.15) is 0 Å². The third-order valence-electron chi connectivity index (χ3n) is 3.49.